The van der Waals surface area contributed by atoms with E-state index in [0.717, 1.165) is 0 Å². The van der Waals surface area contributed by atoms with Crippen LogP contribution < -0.4 is 61.6 Å². The topological polar surface area (TPSA) is 181 Å². The van der Waals surface area contributed by atoms with Crippen LogP contribution in [0, 0.1) is 0 Å². The van der Waals surface area contributed by atoms with Gasteiger partial charge in [0.05, 0.1) is 77.2 Å². The summed E-state index contributed by atoms with van der Waals surface area (Å²) in [6.45, 7) is 0. The summed E-state index contributed by atoms with van der Waals surface area (Å²) in [5.41, 5.74) is 4.13. The number of aliphatic hydroxyl groups is 3. The first-order valence-electron chi connectivity index (χ1n) is 22.9. The first kappa shape index (κ1) is 48.6. The molecule has 71 heavy (non-hydrogen) atoms. The molecule has 16 nitrogen and oxygen atoms in total. The highest BCUT2D eigenvalue weighted by atomic mass is 16.5. The normalized spacial score (nSPS) is 21.9. The summed E-state index contributed by atoms with van der Waals surface area (Å²) in [7, 11) is 15.4. The summed E-state index contributed by atoms with van der Waals surface area (Å²) in [6.07, 6.45) is -6.99. The SMILES string of the molecule is COc1ccc([C@H]2c3c4c(c5c(c3O[C@H](c3ccc(OC)c(OC)c3)[C@H]2O)[C@@H](c2ccc(OC)cc2OC)[C@H](O)[C@H](c2ccc(OC)c(OC)c2)O5)C[C@@H](O)[C@H](c2ccc(OC)c(OC)c2)O4)c(OC)c1. The predicted octanol–water partition coefficient (Wildman–Crippen LogP) is 8.06. The summed E-state index contributed by atoms with van der Waals surface area (Å²) in [4.78, 5) is 0. The van der Waals surface area contributed by atoms with Crippen LogP contribution in [0.2, 0.25) is 0 Å². The van der Waals surface area contributed by atoms with Crippen LogP contribution in [0.4, 0.5) is 0 Å². The second-order valence-electron chi connectivity index (χ2n) is 17.2. The maximum atomic E-state index is 13.2. The lowest BCUT2D eigenvalue weighted by atomic mass is 9.72. The molecule has 9 rings (SSSR count). The molecule has 0 aromatic heterocycles. The van der Waals surface area contributed by atoms with Crippen molar-refractivity contribution < 1.29 is 76.9 Å². The van der Waals surface area contributed by atoms with Crippen LogP contribution in [-0.2, 0) is 6.42 Å². The van der Waals surface area contributed by atoms with E-state index in [1.54, 1.807) is 129 Å². The van der Waals surface area contributed by atoms with Crippen LogP contribution in [0.25, 0.3) is 0 Å². The second kappa shape index (κ2) is 20.1. The van der Waals surface area contributed by atoms with Crippen LogP contribution in [0.15, 0.2) is 91.0 Å². The predicted molar refractivity (Wildman–Crippen MR) is 260 cm³/mol. The lowest BCUT2D eigenvalue weighted by Crippen LogP contribution is -2.41. The molecule has 6 aromatic carbocycles. The Labute approximate surface area is 411 Å². The highest BCUT2D eigenvalue weighted by Gasteiger charge is 2.52. The van der Waals surface area contributed by atoms with E-state index >= 15 is 0 Å². The number of hydrogen-bond acceptors (Lipinski definition) is 16. The standard InChI is InChI=1S/C55H58O16/c1-59-30-14-16-32(39(24-30)64-6)44-46-53-34(26-35(56)50(69-53)27-11-18-36(61-3)41(21-27)66-8)54-47(55(46)71-52(49(44)58)29-13-20-38(63-5)43(23-29)68-10)45(33-17-15-31(60-2)25-40(33)65-7)48(57)51(70-54)28-12-19-37(62-4)42(22-28)67-9/h11-25,35,44-45,48-52,56-58H,26H2,1-10H3/t35-,44+,45-,48+,49+,50+,51+,52-/m1/s1. The van der Waals surface area contributed by atoms with Gasteiger partial charge in [0, 0.05) is 58.2 Å². The molecule has 8 atom stereocenters. The number of hydrogen-bond donors (Lipinski definition) is 3. The van der Waals surface area contributed by atoms with Crippen LogP contribution in [0.5, 0.6) is 74.7 Å². The van der Waals surface area contributed by atoms with Crippen molar-refractivity contribution in [3.63, 3.8) is 0 Å². The fraction of sp³-hybridized carbons (Fsp3) is 0.345. The zero-order valence-electron chi connectivity index (χ0n) is 41.1. The maximum Gasteiger partial charge on any atom is 0.161 e. The lowest BCUT2D eigenvalue weighted by molar-refractivity contribution is -0.0171. The van der Waals surface area contributed by atoms with E-state index in [0.29, 0.717) is 114 Å². The summed E-state index contributed by atoms with van der Waals surface area (Å²) >= 11 is 0. The minimum atomic E-state index is -1.34. The molecule has 0 saturated carbocycles. The lowest BCUT2D eigenvalue weighted by Gasteiger charge is -2.46. The molecule has 0 radical (unpaired) electrons. The van der Waals surface area contributed by atoms with Gasteiger partial charge in [0.2, 0.25) is 0 Å². The molecule has 6 aromatic rings. The van der Waals surface area contributed by atoms with Crippen LogP contribution in [0.3, 0.4) is 0 Å². The molecular formula is C55H58O16. The molecule has 0 amide bonds. The van der Waals surface area contributed by atoms with Gasteiger partial charge in [0.15, 0.2) is 46.7 Å². The molecule has 0 fully saturated rings. The third-order valence-corrected chi connectivity index (χ3v) is 13.7. The highest BCUT2D eigenvalue weighted by molar-refractivity contribution is 5.72. The van der Waals surface area contributed by atoms with E-state index in [9.17, 15) is 15.3 Å². The zero-order chi connectivity index (χ0) is 50.2. The average molecular weight is 975 g/mol. The Morgan fingerprint density at radius 3 is 1.08 bits per heavy atom. The van der Waals surface area contributed by atoms with Crippen molar-refractivity contribution in [1.29, 1.82) is 0 Å². The Kier molecular flexibility index (Phi) is 13.8. The van der Waals surface area contributed by atoms with Crippen LogP contribution in [0.1, 0.15) is 74.7 Å². The summed E-state index contributed by atoms with van der Waals surface area (Å²) in [5, 5.41) is 38.8. The van der Waals surface area contributed by atoms with Crippen molar-refractivity contribution in [2.24, 2.45) is 0 Å². The Morgan fingerprint density at radius 2 is 0.718 bits per heavy atom. The minimum Gasteiger partial charge on any atom is -0.497 e. The molecule has 3 aliphatic rings. The Morgan fingerprint density at radius 1 is 0.366 bits per heavy atom. The fourth-order valence-corrected chi connectivity index (χ4v) is 10.3. The maximum absolute atomic E-state index is 13.2. The average Bonchev–Trinajstić information content (AvgIpc) is 3.41. The van der Waals surface area contributed by atoms with E-state index in [2.05, 4.69) is 0 Å². The van der Waals surface area contributed by atoms with Gasteiger partial charge in [-0.05, 0) is 65.2 Å². The Bertz CT molecular complexity index is 2830. The Balaban J connectivity index is 1.40. The fourth-order valence-electron chi connectivity index (χ4n) is 10.3. The molecule has 0 spiro atoms. The van der Waals surface area contributed by atoms with Gasteiger partial charge in [0.25, 0.3) is 0 Å². The monoisotopic (exact) mass is 974 g/mol. The van der Waals surface area contributed by atoms with Crippen LogP contribution in [-0.4, -0.2) is 105 Å². The smallest absolute Gasteiger partial charge is 0.161 e. The highest BCUT2D eigenvalue weighted by Crippen LogP contribution is 2.64. The van der Waals surface area contributed by atoms with Crippen molar-refractivity contribution in [3.05, 3.63) is 136 Å². The molecule has 3 N–H and O–H groups in total. The van der Waals surface area contributed by atoms with Gasteiger partial charge in [-0.3, -0.25) is 0 Å². The number of rotatable bonds is 15. The zero-order valence-corrected chi connectivity index (χ0v) is 41.1. The first-order valence-corrected chi connectivity index (χ1v) is 22.9. The van der Waals surface area contributed by atoms with Gasteiger partial charge in [-0.15, -0.1) is 0 Å². The summed E-state index contributed by atoms with van der Waals surface area (Å²) < 4.78 is 79.2. The number of benzene rings is 6. The molecule has 3 heterocycles. The van der Waals surface area contributed by atoms with Gasteiger partial charge in [-0.25, -0.2) is 0 Å². The van der Waals surface area contributed by atoms with E-state index in [4.69, 9.17) is 61.6 Å². The van der Waals surface area contributed by atoms with Gasteiger partial charge in [0.1, 0.15) is 58.6 Å². The van der Waals surface area contributed by atoms with E-state index in [-0.39, 0.29) is 12.2 Å². The van der Waals surface area contributed by atoms with Crippen LogP contribution >= 0.6 is 0 Å². The first-order chi connectivity index (χ1) is 34.5. The van der Waals surface area contributed by atoms with E-state index < -0.39 is 48.5 Å². The molecular weight excluding hydrogens is 917 g/mol. The van der Waals surface area contributed by atoms with Crippen molar-refractivity contribution in [1.82, 2.24) is 0 Å². The number of aliphatic hydroxyl groups excluding tert-OH is 3. The van der Waals surface area contributed by atoms with E-state index in [1.165, 1.54) is 21.3 Å². The van der Waals surface area contributed by atoms with Crippen molar-refractivity contribution in [2.75, 3.05) is 71.1 Å². The van der Waals surface area contributed by atoms with Gasteiger partial charge in [-0.1, -0.05) is 30.3 Å². The second-order valence-corrected chi connectivity index (χ2v) is 17.2. The minimum absolute atomic E-state index is 0.00710. The quantitative estimate of drug-likeness (QED) is 0.0898. The molecule has 0 unspecified atom stereocenters. The largest absolute Gasteiger partial charge is 0.497 e. The van der Waals surface area contributed by atoms with Crippen molar-refractivity contribution in [2.45, 2.75) is 54.9 Å². The van der Waals surface area contributed by atoms with Crippen molar-refractivity contribution >= 4 is 0 Å². The molecule has 16 heteroatoms. The van der Waals surface area contributed by atoms with Gasteiger partial charge in [-0.2, -0.15) is 0 Å². The third kappa shape index (κ3) is 8.38. The number of ether oxygens (including phenoxy) is 13. The Hall–Kier alpha value is -7.40. The van der Waals surface area contributed by atoms with E-state index in [1.807, 2.05) is 12.1 Å². The van der Waals surface area contributed by atoms with Crippen molar-refractivity contribution in [3.8, 4) is 74.7 Å². The molecule has 0 aliphatic carbocycles. The number of fused-ring (bicyclic) bond motifs is 6. The summed E-state index contributed by atoms with van der Waals surface area (Å²) in [6, 6.07) is 26.7. The molecule has 3 aliphatic heterocycles. The van der Waals surface area contributed by atoms with Gasteiger partial charge < -0.3 is 76.9 Å². The summed E-state index contributed by atoms with van der Waals surface area (Å²) in [5.74, 6) is 3.44. The molecule has 0 bridgehead atoms. The van der Waals surface area contributed by atoms with Gasteiger partial charge >= 0.3 is 0 Å². The molecule has 374 valence electrons. The third-order valence-electron chi connectivity index (χ3n) is 13.7. The molecule has 0 saturated heterocycles. The number of methoxy groups -OCH3 is 10.